The first-order chi connectivity index (χ1) is 13.0. The zero-order valence-corrected chi connectivity index (χ0v) is 16.3. The molecule has 27 heavy (non-hydrogen) atoms. The van der Waals surface area contributed by atoms with Gasteiger partial charge >= 0.3 is 0 Å². The molecule has 1 aromatic heterocycles. The second-order valence-electron chi connectivity index (χ2n) is 6.35. The number of nitrogens with one attached hydrogen (secondary N) is 1. The van der Waals surface area contributed by atoms with Crippen LogP contribution in [0, 0.1) is 0 Å². The predicted octanol–water partition coefficient (Wildman–Crippen LogP) is 4.93. The molecule has 0 saturated heterocycles. The smallest absolute Gasteiger partial charge is 0.270 e. The van der Waals surface area contributed by atoms with E-state index in [1.807, 2.05) is 55.5 Å². The van der Waals surface area contributed by atoms with Crippen LogP contribution in [0.2, 0.25) is 10.0 Å². The maximum absolute atomic E-state index is 12.5. The van der Waals surface area contributed by atoms with Crippen molar-refractivity contribution in [2.75, 3.05) is 0 Å². The number of halogens is 2. The van der Waals surface area contributed by atoms with Gasteiger partial charge in [0.05, 0.1) is 0 Å². The molecule has 0 saturated carbocycles. The van der Waals surface area contributed by atoms with Crippen LogP contribution in [0.5, 0.6) is 0 Å². The lowest BCUT2D eigenvalue weighted by atomic mass is 9.86. The molecule has 3 aromatic rings. The second-order valence-corrected chi connectivity index (χ2v) is 7.22. The third-order valence-corrected chi connectivity index (χ3v) is 4.95. The molecule has 0 aliphatic carbocycles. The number of hydrogen-bond donors (Lipinski definition) is 1. The Bertz CT molecular complexity index is 884. The van der Waals surface area contributed by atoms with Gasteiger partial charge in [0.15, 0.2) is 0 Å². The van der Waals surface area contributed by atoms with Gasteiger partial charge in [0, 0.05) is 28.2 Å². The van der Waals surface area contributed by atoms with Gasteiger partial charge in [-0.3, -0.25) is 4.79 Å². The summed E-state index contributed by atoms with van der Waals surface area (Å²) in [5, 5.41) is 4.44. The van der Waals surface area contributed by atoms with Crippen molar-refractivity contribution in [3.63, 3.8) is 0 Å². The molecule has 1 N–H and O–H groups in total. The highest BCUT2D eigenvalue weighted by Crippen LogP contribution is 2.27. The van der Waals surface area contributed by atoms with Crippen molar-refractivity contribution in [2.24, 2.45) is 0 Å². The third-order valence-electron chi connectivity index (χ3n) is 4.44. The summed E-state index contributed by atoms with van der Waals surface area (Å²) >= 11 is 12.0. The van der Waals surface area contributed by atoms with E-state index in [4.69, 9.17) is 23.2 Å². The first kappa shape index (κ1) is 19.3. The quantitative estimate of drug-likeness (QED) is 0.639. The molecule has 2 atom stereocenters. The molecule has 1 amide bonds. The largest absolute Gasteiger partial charge is 0.348 e. The Kier molecular flexibility index (Phi) is 6.43. The average molecular weight is 400 g/mol. The van der Waals surface area contributed by atoms with Gasteiger partial charge < -0.3 is 5.32 Å². The zero-order valence-electron chi connectivity index (χ0n) is 14.8. The molecule has 3 rings (SSSR count). The minimum Gasteiger partial charge on any atom is -0.348 e. The Hall–Kier alpha value is -2.43. The molecule has 138 valence electrons. The summed E-state index contributed by atoms with van der Waals surface area (Å²) in [5.74, 6) is -0.158. The van der Waals surface area contributed by atoms with Crippen LogP contribution >= 0.6 is 23.2 Å². The lowest BCUT2D eigenvalue weighted by molar-refractivity contribution is 0.0929. The molecule has 0 bridgehead atoms. The highest BCUT2D eigenvalue weighted by atomic mass is 35.5. The van der Waals surface area contributed by atoms with E-state index in [9.17, 15) is 4.79 Å². The number of nitrogens with zero attached hydrogens (tertiary/aromatic N) is 2. The number of carbonyl (C=O) groups excluding carboxylic acids is 1. The molecule has 0 aliphatic rings. The van der Waals surface area contributed by atoms with Crippen molar-refractivity contribution in [1.82, 2.24) is 15.3 Å². The Morgan fingerprint density at radius 3 is 2.22 bits per heavy atom. The van der Waals surface area contributed by atoms with Crippen molar-refractivity contribution in [1.29, 1.82) is 0 Å². The molecule has 2 unspecified atom stereocenters. The topological polar surface area (TPSA) is 54.9 Å². The highest BCUT2D eigenvalue weighted by Gasteiger charge is 2.22. The van der Waals surface area contributed by atoms with E-state index in [2.05, 4.69) is 15.3 Å². The normalized spacial score (nSPS) is 13.0. The van der Waals surface area contributed by atoms with Gasteiger partial charge in [0.1, 0.15) is 12.0 Å². The number of hydrogen-bond acceptors (Lipinski definition) is 3. The van der Waals surface area contributed by atoms with Crippen LogP contribution in [0.4, 0.5) is 0 Å². The summed E-state index contributed by atoms with van der Waals surface area (Å²) in [7, 11) is 0. The van der Waals surface area contributed by atoms with E-state index >= 15 is 0 Å². The van der Waals surface area contributed by atoms with Crippen molar-refractivity contribution >= 4 is 29.1 Å². The van der Waals surface area contributed by atoms with Gasteiger partial charge in [-0.15, -0.1) is 0 Å². The van der Waals surface area contributed by atoms with Crippen LogP contribution in [0.15, 0.2) is 67.1 Å². The molecular formula is C21H19Cl2N3O. The zero-order chi connectivity index (χ0) is 19.2. The standard InChI is InChI=1S/C21H19Cl2N3O/c1-14(26-21(27)20-10-11-24-13-25-20)19(16-4-8-18(23)9-5-16)12-15-2-6-17(22)7-3-15/h2-11,13-14,19H,12H2,1H3,(H,26,27). The minimum atomic E-state index is -0.222. The molecule has 4 nitrogen and oxygen atoms in total. The molecule has 6 heteroatoms. The molecular weight excluding hydrogens is 381 g/mol. The average Bonchev–Trinajstić information content (AvgIpc) is 2.69. The summed E-state index contributed by atoms with van der Waals surface area (Å²) in [6.07, 6.45) is 3.67. The fourth-order valence-corrected chi connectivity index (χ4v) is 3.23. The summed E-state index contributed by atoms with van der Waals surface area (Å²) in [5.41, 5.74) is 2.59. The maximum Gasteiger partial charge on any atom is 0.270 e. The number of rotatable bonds is 6. The fraction of sp³-hybridized carbons (Fsp3) is 0.190. The molecule has 0 aliphatic heterocycles. The van der Waals surface area contributed by atoms with E-state index in [1.54, 1.807) is 12.3 Å². The first-order valence-corrected chi connectivity index (χ1v) is 9.35. The van der Waals surface area contributed by atoms with Crippen LogP contribution in [0.25, 0.3) is 0 Å². The number of benzene rings is 2. The van der Waals surface area contributed by atoms with Crippen LogP contribution in [-0.4, -0.2) is 21.9 Å². The van der Waals surface area contributed by atoms with E-state index < -0.39 is 0 Å². The van der Waals surface area contributed by atoms with Gasteiger partial charge in [0.2, 0.25) is 0 Å². The number of aromatic nitrogens is 2. The lowest BCUT2D eigenvalue weighted by Crippen LogP contribution is -2.38. The molecule has 0 radical (unpaired) electrons. The van der Waals surface area contributed by atoms with E-state index in [1.165, 1.54) is 6.33 Å². The Morgan fingerprint density at radius 2 is 1.63 bits per heavy atom. The first-order valence-electron chi connectivity index (χ1n) is 8.59. The molecule has 0 spiro atoms. The van der Waals surface area contributed by atoms with E-state index in [0.29, 0.717) is 15.7 Å². The highest BCUT2D eigenvalue weighted by molar-refractivity contribution is 6.30. The molecule has 1 heterocycles. The summed E-state index contributed by atoms with van der Waals surface area (Å²) in [6, 6.07) is 17.0. The summed E-state index contributed by atoms with van der Waals surface area (Å²) in [4.78, 5) is 20.4. The monoisotopic (exact) mass is 399 g/mol. The van der Waals surface area contributed by atoms with Gasteiger partial charge in [-0.25, -0.2) is 9.97 Å². The Balaban J connectivity index is 1.82. The van der Waals surface area contributed by atoms with Crippen molar-refractivity contribution in [3.05, 3.63) is 94.0 Å². The Morgan fingerprint density at radius 1 is 1.00 bits per heavy atom. The van der Waals surface area contributed by atoms with Crippen LogP contribution in [-0.2, 0) is 6.42 Å². The Labute approximate surface area is 168 Å². The second kappa shape index (κ2) is 8.98. The summed E-state index contributed by atoms with van der Waals surface area (Å²) < 4.78 is 0. The van der Waals surface area contributed by atoms with Crippen molar-refractivity contribution < 1.29 is 4.79 Å². The van der Waals surface area contributed by atoms with Gasteiger partial charge in [-0.05, 0) is 54.8 Å². The van der Waals surface area contributed by atoms with Crippen molar-refractivity contribution in [2.45, 2.75) is 25.3 Å². The number of amides is 1. The summed E-state index contributed by atoms with van der Waals surface area (Å²) in [6.45, 7) is 1.99. The van der Waals surface area contributed by atoms with Crippen molar-refractivity contribution in [3.8, 4) is 0 Å². The third kappa shape index (κ3) is 5.28. The predicted molar refractivity (Wildman–Crippen MR) is 108 cm³/mol. The van der Waals surface area contributed by atoms with Crippen LogP contribution < -0.4 is 5.32 Å². The lowest BCUT2D eigenvalue weighted by Gasteiger charge is -2.26. The number of carbonyl (C=O) groups is 1. The van der Waals surface area contributed by atoms with E-state index in [-0.39, 0.29) is 17.9 Å². The van der Waals surface area contributed by atoms with Gasteiger partial charge in [0.25, 0.3) is 5.91 Å². The van der Waals surface area contributed by atoms with Gasteiger partial charge in [-0.2, -0.15) is 0 Å². The van der Waals surface area contributed by atoms with E-state index in [0.717, 1.165) is 17.5 Å². The minimum absolute atomic E-state index is 0.0641. The maximum atomic E-state index is 12.5. The van der Waals surface area contributed by atoms with Crippen LogP contribution in [0.3, 0.4) is 0 Å². The van der Waals surface area contributed by atoms with Gasteiger partial charge in [-0.1, -0.05) is 47.5 Å². The molecule has 2 aromatic carbocycles. The fourth-order valence-electron chi connectivity index (χ4n) is 2.97. The molecule has 0 fully saturated rings. The SMILES string of the molecule is CC(NC(=O)c1ccncn1)C(Cc1ccc(Cl)cc1)c1ccc(Cl)cc1. The van der Waals surface area contributed by atoms with Crippen LogP contribution in [0.1, 0.15) is 34.5 Å².